The molecule has 4 heteroatoms. The van der Waals surface area contributed by atoms with Crippen LogP contribution in [0, 0.1) is 5.82 Å². The van der Waals surface area contributed by atoms with Gasteiger partial charge in [0.1, 0.15) is 11.6 Å². The van der Waals surface area contributed by atoms with Crippen molar-refractivity contribution in [3.8, 4) is 5.75 Å². The normalized spacial score (nSPS) is 18.9. The summed E-state index contributed by atoms with van der Waals surface area (Å²) in [6.07, 6.45) is 5.21. The molecule has 1 aliphatic heterocycles. The van der Waals surface area contributed by atoms with E-state index in [0.717, 1.165) is 38.6 Å². The Kier molecular flexibility index (Phi) is 4.99. The van der Waals surface area contributed by atoms with E-state index in [0.29, 0.717) is 5.75 Å². The van der Waals surface area contributed by atoms with Crippen molar-refractivity contribution in [2.45, 2.75) is 45.1 Å². The zero-order valence-corrected chi connectivity index (χ0v) is 12.2. The van der Waals surface area contributed by atoms with Crippen molar-refractivity contribution in [3.63, 3.8) is 0 Å². The molecule has 1 fully saturated rings. The fraction of sp³-hybridized carbons (Fsp3) is 0.562. The second-order valence-electron chi connectivity index (χ2n) is 5.28. The number of hydrogen-bond acceptors (Lipinski definition) is 2. The van der Waals surface area contributed by atoms with Crippen molar-refractivity contribution in [1.82, 2.24) is 4.90 Å². The number of halogens is 1. The van der Waals surface area contributed by atoms with E-state index in [-0.39, 0.29) is 17.5 Å². The molecule has 0 N–H and O–H groups in total. The van der Waals surface area contributed by atoms with Gasteiger partial charge in [-0.05, 0) is 37.8 Å². The average molecular weight is 279 g/mol. The minimum absolute atomic E-state index is 0.147. The third-order valence-corrected chi connectivity index (χ3v) is 3.92. The highest BCUT2D eigenvalue weighted by atomic mass is 19.1. The smallest absolute Gasteiger partial charge is 0.257 e. The van der Waals surface area contributed by atoms with E-state index >= 15 is 0 Å². The highest BCUT2D eigenvalue weighted by molar-refractivity contribution is 5.95. The molecule has 110 valence electrons. The maximum atomic E-state index is 14.0. The van der Waals surface area contributed by atoms with Gasteiger partial charge in [0.05, 0.1) is 12.7 Å². The van der Waals surface area contributed by atoms with Crippen LogP contribution in [0.25, 0.3) is 0 Å². The average Bonchev–Trinajstić information content (AvgIpc) is 2.47. The largest absolute Gasteiger partial charge is 0.497 e. The van der Waals surface area contributed by atoms with Crippen LogP contribution < -0.4 is 4.74 Å². The number of amides is 1. The van der Waals surface area contributed by atoms with E-state index in [1.807, 2.05) is 4.90 Å². The van der Waals surface area contributed by atoms with Gasteiger partial charge in [-0.3, -0.25) is 4.79 Å². The van der Waals surface area contributed by atoms with Gasteiger partial charge in [0.2, 0.25) is 0 Å². The maximum Gasteiger partial charge on any atom is 0.257 e. The van der Waals surface area contributed by atoms with Crippen LogP contribution >= 0.6 is 0 Å². The predicted molar refractivity (Wildman–Crippen MR) is 76.5 cm³/mol. The number of carbonyl (C=O) groups excluding carboxylic acids is 1. The molecule has 0 aromatic heterocycles. The van der Waals surface area contributed by atoms with Crippen LogP contribution in [0.5, 0.6) is 5.75 Å². The quantitative estimate of drug-likeness (QED) is 0.842. The Hall–Kier alpha value is -1.58. The Morgan fingerprint density at radius 3 is 2.90 bits per heavy atom. The lowest BCUT2D eigenvalue weighted by Crippen LogP contribution is -2.43. The molecule has 20 heavy (non-hydrogen) atoms. The summed E-state index contributed by atoms with van der Waals surface area (Å²) in [5, 5.41) is 0. The Balaban J connectivity index is 2.20. The Morgan fingerprint density at radius 2 is 2.25 bits per heavy atom. The molecular formula is C16H22FNO2. The minimum Gasteiger partial charge on any atom is -0.497 e. The van der Waals surface area contributed by atoms with Crippen molar-refractivity contribution < 1.29 is 13.9 Å². The van der Waals surface area contributed by atoms with Gasteiger partial charge in [0, 0.05) is 18.7 Å². The molecule has 1 aromatic rings. The van der Waals surface area contributed by atoms with Crippen LogP contribution in [0.4, 0.5) is 4.39 Å². The second-order valence-corrected chi connectivity index (χ2v) is 5.28. The number of rotatable bonds is 4. The first-order valence-corrected chi connectivity index (χ1v) is 7.32. The van der Waals surface area contributed by atoms with Crippen molar-refractivity contribution in [2.75, 3.05) is 13.7 Å². The molecule has 1 saturated heterocycles. The topological polar surface area (TPSA) is 29.5 Å². The zero-order valence-electron chi connectivity index (χ0n) is 12.2. The maximum absolute atomic E-state index is 14.0. The standard InChI is InChI=1S/C16H22FNO2/c1-3-6-12-7-4-5-10-18(12)16(19)14-9-8-13(20-2)11-15(14)17/h8-9,11-12H,3-7,10H2,1-2H3. The highest BCUT2D eigenvalue weighted by Gasteiger charge is 2.28. The molecule has 1 heterocycles. The van der Waals surface area contributed by atoms with E-state index in [1.54, 1.807) is 6.07 Å². The van der Waals surface area contributed by atoms with Crippen molar-refractivity contribution in [1.29, 1.82) is 0 Å². The molecule has 2 rings (SSSR count). The van der Waals surface area contributed by atoms with Gasteiger partial charge >= 0.3 is 0 Å². The number of carbonyl (C=O) groups is 1. The SMILES string of the molecule is CCCC1CCCCN1C(=O)c1ccc(OC)cc1F. The van der Waals surface area contributed by atoms with E-state index in [9.17, 15) is 9.18 Å². The van der Waals surface area contributed by atoms with Gasteiger partial charge in [0.15, 0.2) is 0 Å². The van der Waals surface area contributed by atoms with Crippen LogP contribution in [-0.4, -0.2) is 30.5 Å². The Morgan fingerprint density at radius 1 is 1.45 bits per heavy atom. The van der Waals surface area contributed by atoms with Gasteiger partial charge in [-0.25, -0.2) is 4.39 Å². The Bertz CT molecular complexity index is 474. The molecule has 3 nitrogen and oxygen atoms in total. The van der Waals surface area contributed by atoms with Gasteiger partial charge < -0.3 is 9.64 Å². The summed E-state index contributed by atoms with van der Waals surface area (Å²) in [5.74, 6) is -0.263. The molecule has 1 aromatic carbocycles. The predicted octanol–water partition coefficient (Wildman–Crippen LogP) is 3.63. The van der Waals surface area contributed by atoms with E-state index in [2.05, 4.69) is 6.92 Å². The minimum atomic E-state index is -0.504. The van der Waals surface area contributed by atoms with Crippen LogP contribution in [-0.2, 0) is 0 Å². The Labute approximate surface area is 119 Å². The van der Waals surface area contributed by atoms with Crippen molar-refractivity contribution in [2.24, 2.45) is 0 Å². The number of benzene rings is 1. The summed E-state index contributed by atoms with van der Waals surface area (Å²) in [7, 11) is 1.48. The molecule has 1 unspecified atom stereocenters. The van der Waals surface area contributed by atoms with Gasteiger partial charge in [0.25, 0.3) is 5.91 Å². The van der Waals surface area contributed by atoms with Crippen molar-refractivity contribution in [3.05, 3.63) is 29.6 Å². The molecule has 0 spiro atoms. The van der Waals surface area contributed by atoms with Crippen LogP contribution in [0.2, 0.25) is 0 Å². The first kappa shape index (κ1) is 14.8. The molecule has 1 amide bonds. The molecule has 1 atom stereocenters. The van der Waals surface area contributed by atoms with Gasteiger partial charge in [-0.2, -0.15) is 0 Å². The second kappa shape index (κ2) is 6.73. The lowest BCUT2D eigenvalue weighted by atomic mass is 9.97. The number of nitrogens with zero attached hydrogens (tertiary/aromatic N) is 1. The van der Waals surface area contributed by atoms with E-state index in [1.165, 1.54) is 19.2 Å². The third-order valence-electron chi connectivity index (χ3n) is 3.92. The lowest BCUT2D eigenvalue weighted by Gasteiger charge is -2.36. The first-order chi connectivity index (χ1) is 9.67. The van der Waals surface area contributed by atoms with Gasteiger partial charge in [-0.15, -0.1) is 0 Å². The number of ether oxygens (including phenoxy) is 1. The fourth-order valence-electron chi connectivity index (χ4n) is 2.85. The molecule has 0 saturated carbocycles. The zero-order chi connectivity index (χ0) is 14.5. The summed E-state index contributed by atoms with van der Waals surface area (Å²) in [4.78, 5) is 14.4. The third kappa shape index (κ3) is 3.11. The number of methoxy groups -OCH3 is 1. The number of likely N-dealkylation sites (tertiary alicyclic amines) is 1. The van der Waals surface area contributed by atoms with Crippen molar-refractivity contribution >= 4 is 5.91 Å². The lowest BCUT2D eigenvalue weighted by molar-refractivity contribution is 0.0596. The first-order valence-electron chi connectivity index (χ1n) is 7.32. The van der Waals surface area contributed by atoms with Crippen LogP contribution in [0.1, 0.15) is 49.4 Å². The summed E-state index contributed by atoms with van der Waals surface area (Å²) >= 11 is 0. The van der Waals surface area contributed by atoms with E-state index in [4.69, 9.17) is 4.74 Å². The molecular weight excluding hydrogens is 257 g/mol. The summed E-state index contributed by atoms with van der Waals surface area (Å²) in [5.41, 5.74) is 0.147. The fourth-order valence-corrected chi connectivity index (χ4v) is 2.85. The van der Waals surface area contributed by atoms with Crippen LogP contribution in [0.3, 0.4) is 0 Å². The molecule has 0 aliphatic carbocycles. The summed E-state index contributed by atoms with van der Waals surface area (Å²) in [6, 6.07) is 4.68. The van der Waals surface area contributed by atoms with E-state index < -0.39 is 5.82 Å². The highest BCUT2D eigenvalue weighted by Crippen LogP contribution is 2.25. The van der Waals surface area contributed by atoms with Gasteiger partial charge in [-0.1, -0.05) is 13.3 Å². The van der Waals surface area contributed by atoms with Crippen LogP contribution in [0.15, 0.2) is 18.2 Å². The molecule has 0 radical (unpaired) electrons. The number of hydrogen-bond donors (Lipinski definition) is 0. The summed E-state index contributed by atoms with van der Waals surface area (Å²) in [6.45, 7) is 2.85. The molecule has 0 bridgehead atoms. The number of piperidine rings is 1. The molecule has 1 aliphatic rings. The monoisotopic (exact) mass is 279 g/mol. The summed E-state index contributed by atoms with van der Waals surface area (Å²) < 4.78 is 19.0.